The van der Waals surface area contributed by atoms with Gasteiger partial charge >= 0.3 is 0 Å². The molecule has 1 fully saturated rings. The Morgan fingerprint density at radius 1 is 1.42 bits per heavy atom. The number of thiazole rings is 1. The Balaban J connectivity index is 2.11. The lowest BCUT2D eigenvalue weighted by molar-refractivity contribution is 0.0326. The van der Waals surface area contributed by atoms with Gasteiger partial charge in [-0.2, -0.15) is 0 Å². The number of amides is 1. The number of aromatic nitrogens is 1. The van der Waals surface area contributed by atoms with E-state index in [2.05, 4.69) is 58.0 Å². The largest absolute Gasteiger partial charge is 0.415 e. The molecule has 2 heterocycles. The van der Waals surface area contributed by atoms with Gasteiger partial charge in [0, 0.05) is 18.5 Å². The molecule has 1 aliphatic heterocycles. The first-order valence-corrected chi connectivity index (χ1v) is 13.0. The van der Waals surface area contributed by atoms with E-state index in [0.717, 1.165) is 5.13 Å². The van der Waals surface area contributed by atoms with E-state index in [1.165, 1.54) is 11.3 Å². The van der Waals surface area contributed by atoms with Crippen LogP contribution in [0.25, 0.3) is 0 Å². The molecule has 148 valence electrons. The Kier molecular flexibility index (Phi) is 6.87. The smallest absolute Gasteiger partial charge is 0.271 e. The second-order valence-electron chi connectivity index (χ2n) is 8.79. The maximum atomic E-state index is 12.8. The summed E-state index contributed by atoms with van der Waals surface area (Å²) in [7, 11) is -1.25. The van der Waals surface area contributed by atoms with E-state index in [1.54, 1.807) is 5.38 Å². The van der Waals surface area contributed by atoms with Crippen molar-refractivity contribution in [3.63, 3.8) is 0 Å². The molecule has 2 atom stereocenters. The molecule has 2 N–H and O–H groups in total. The lowest BCUT2D eigenvalue weighted by atomic mass is 9.81. The topological polar surface area (TPSA) is 74.7 Å². The first-order chi connectivity index (χ1) is 12.0. The van der Waals surface area contributed by atoms with E-state index < -0.39 is 9.04 Å². The normalized spacial score (nSPS) is 18.2. The van der Waals surface area contributed by atoms with E-state index >= 15 is 0 Å². The maximum absolute atomic E-state index is 12.8. The molecule has 1 amide bonds. The zero-order valence-corrected chi connectivity index (χ0v) is 18.9. The molecule has 0 spiro atoms. The monoisotopic (exact) mass is 399 g/mol. The van der Waals surface area contributed by atoms with E-state index in [0.29, 0.717) is 18.8 Å². The minimum absolute atomic E-state index is 0.0400. The van der Waals surface area contributed by atoms with E-state index in [-0.39, 0.29) is 35.5 Å². The van der Waals surface area contributed by atoms with Gasteiger partial charge in [0.25, 0.3) is 5.91 Å². The molecule has 0 aromatic carbocycles. The van der Waals surface area contributed by atoms with Gasteiger partial charge in [0.15, 0.2) is 14.2 Å². The van der Waals surface area contributed by atoms with Gasteiger partial charge in [-0.25, -0.2) is 4.98 Å². The van der Waals surface area contributed by atoms with Crippen LogP contribution in [0, 0.1) is 11.3 Å². The molecule has 1 aromatic rings. The van der Waals surface area contributed by atoms with Crippen molar-refractivity contribution in [1.29, 1.82) is 0 Å². The number of nitrogens with one attached hydrogen (secondary N) is 1. The minimum atomic E-state index is -1.25. The van der Waals surface area contributed by atoms with E-state index in [1.807, 2.05) is 4.90 Å². The van der Waals surface area contributed by atoms with E-state index in [4.69, 9.17) is 4.43 Å². The van der Waals surface area contributed by atoms with Gasteiger partial charge in [-0.15, -0.1) is 11.3 Å². The molecule has 8 heteroatoms. The molecular weight excluding hydrogens is 366 g/mol. The van der Waals surface area contributed by atoms with Crippen LogP contribution < -0.4 is 10.2 Å². The average molecular weight is 400 g/mol. The highest BCUT2D eigenvalue weighted by molar-refractivity contribution is 7.14. The molecule has 1 aliphatic rings. The molecule has 6 nitrogen and oxygen atoms in total. The molecule has 0 radical (unpaired) electrons. The van der Waals surface area contributed by atoms with Gasteiger partial charge in [0.05, 0.1) is 18.2 Å². The number of rotatable bonds is 7. The number of carbonyl (C=O) groups is 1. The van der Waals surface area contributed by atoms with Crippen molar-refractivity contribution in [2.24, 2.45) is 11.3 Å². The molecule has 0 aliphatic carbocycles. The standard InChI is InChI=1S/C18H33N3O3SSi/c1-11(2)14(15(18(3,4)5)24-26(6)7)20-16(23)13-10-25-17(19-13)21-8-12(22)9-21/h10-12,14-15,22,26H,8-9H2,1-7H3,(H,20,23). The fourth-order valence-corrected chi connectivity index (χ4v) is 5.05. The van der Waals surface area contributed by atoms with Gasteiger partial charge in [0.2, 0.25) is 0 Å². The maximum Gasteiger partial charge on any atom is 0.271 e. The van der Waals surface area contributed by atoms with E-state index in [9.17, 15) is 9.90 Å². The number of β-amino-alcohol motifs (C(OH)–C–C–N with tert-alkyl or cyclic N) is 1. The zero-order valence-electron chi connectivity index (χ0n) is 16.9. The summed E-state index contributed by atoms with van der Waals surface area (Å²) in [6.07, 6.45) is -0.326. The third-order valence-corrected chi connectivity index (χ3v) is 6.21. The van der Waals surface area contributed by atoms with Crippen LogP contribution in [0.2, 0.25) is 13.1 Å². The van der Waals surface area contributed by atoms with Crippen molar-refractivity contribution in [2.75, 3.05) is 18.0 Å². The highest BCUT2D eigenvalue weighted by Crippen LogP contribution is 2.30. The van der Waals surface area contributed by atoms with Crippen LogP contribution in [0.15, 0.2) is 5.38 Å². The predicted molar refractivity (Wildman–Crippen MR) is 110 cm³/mol. The Bertz CT molecular complexity index is 609. The van der Waals surface area contributed by atoms with Crippen LogP contribution in [0.3, 0.4) is 0 Å². The Morgan fingerprint density at radius 2 is 2.04 bits per heavy atom. The average Bonchev–Trinajstić information content (AvgIpc) is 2.95. The number of hydrogen-bond acceptors (Lipinski definition) is 6. The van der Waals surface area contributed by atoms with Crippen molar-refractivity contribution in [3.05, 3.63) is 11.1 Å². The van der Waals surface area contributed by atoms with Crippen LogP contribution in [0.4, 0.5) is 5.13 Å². The summed E-state index contributed by atoms with van der Waals surface area (Å²) in [5.41, 5.74) is 0.368. The summed E-state index contributed by atoms with van der Waals surface area (Å²) in [5, 5.41) is 15.2. The second kappa shape index (κ2) is 8.37. The molecular formula is C18H33N3O3SSi. The van der Waals surface area contributed by atoms with Crippen LogP contribution in [-0.2, 0) is 4.43 Å². The van der Waals surface area contributed by atoms with Gasteiger partial charge in [0.1, 0.15) is 5.69 Å². The van der Waals surface area contributed by atoms with Crippen LogP contribution in [0.1, 0.15) is 45.1 Å². The fourth-order valence-electron chi connectivity index (χ4n) is 3.06. The number of aliphatic hydroxyl groups is 1. The van der Waals surface area contributed by atoms with Gasteiger partial charge in [-0.1, -0.05) is 34.6 Å². The second-order valence-corrected chi connectivity index (χ2v) is 12.0. The Morgan fingerprint density at radius 3 is 2.50 bits per heavy atom. The highest BCUT2D eigenvalue weighted by atomic mass is 32.1. The quantitative estimate of drug-likeness (QED) is 0.689. The number of hydrogen-bond donors (Lipinski definition) is 2. The van der Waals surface area contributed by atoms with Gasteiger partial charge in [-0.05, 0) is 24.4 Å². The number of aliphatic hydroxyl groups excluding tert-OH is 1. The third-order valence-electron chi connectivity index (χ3n) is 4.47. The minimum Gasteiger partial charge on any atom is -0.415 e. The van der Waals surface area contributed by atoms with Crippen LogP contribution in [0.5, 0.6) is 0 Å². The van der Waals surface area contributed by atoms with Crippen LogP contribution >= 0.6 is 11.3 Å². The Labute approximate surface area is 162 Å². The van der Waals surface area contributed by atoms with Gasteiger partial charge < -0.3 is 19.7 Å². The van der Waals surface area contributed by atoms with Crippen molar-refractivity contribution in [3.8, 4) is 0 Å². The summed E-state index contributed by atoms with van der Waals surface area (Å²) in [6.45, 7) is 16.2. The van der Waals surface area contributed by atoms with Crippen molar-refractivity contribution >= 4 is 31.4 Å². The lowest BCUT2D eigenvalue weighted by Crippen LogP contribution is -2.54. The summed E-state index contributed by atoms with van der Waals surface area (Å²) in [4.78, 5) is 19.2. The number of anilines is 1. The highest BCUT2D eigenvalue weighted by Gasteiger charge is 2.37. The molecule has 2 rings (SSSR count). The summed E-state index contributed by atoms with van der Waals surface area (Å²) >= 11 is 1.44. The SMILES string of the molecule is CC(C)C(NC(=O)c1csc(N2CC(O)C2)n1)C(O[SiH](C)C)C(C)(C)C. The Hall–Kier alpha value is -0.963. The lowest BCUT2D eigenvalue weighted by Gasteiger charge is -2.40. The summed E-state index contributed by atoms with van der Waals surface area (Å²) < 4.78 is 6.33. The zero-order chi connectivity index (χ0) is 19.6. The molecule has 0 bridgehead atoms. The molecule has 1 aromatic heterocycles. The summed E-state index contributed by atoms with van der Waals surface area (Å²) in [5.74, 6) is 0.0927. The first-order valence-electron chi connectivity index (χ1n) is 9.34. The number of carbonyl (C=O) groups excluding carboxylic acids is 1. The molecule has 26 heavy (non-hydrogen) atoms. The number of nitrogens with zero attached hydrogens (tertiary/aromatic N) is 2. The molecule has 0 saturated carbocycles. The van der Waals surface area contributed by atoms with Crippen LogP contribution in [-0.4, -0.2) is 56.4 Å². The third kappa shape index (κ3) is 5.28. The summed E-state index contributed by atoms with van der Waals surface area (Å²) in [6, 6.07) is -0.0756. The van der Waals surface area contributed by atoms with Crippen molar-refractivity contribution in [2.45, 2.75) is 66.0 Å². The predicted octanol–water partition coefficient (Wildman–Crippen LogP) is 2.49. The molecule has 1 saturated heterocycles. The van der Waals surface area contributed by atoms with Crippen molar-refractivity contribution < 1.29 is 14.3 Å². The van der Waals surface area contributed by atoms with Gasteiger partial charge in [-0.3, -0.25) is 4.79 Å². The molecule has 2 unspecified atom stereocenters. The fraction of sp³-hybridized carbons (Fsp3) is 0.778. The van der Waals surface area contributed by atoms with Crippen molar-refractivity contribution in [1.82, 2.24) is 10.3 Å². The first kappa shape index (κ1) is 21.3.